The highest BCUT2D eigenvalue weighted by molar-refractivity contribution is 5.95. The van der Waals surface area contributed by atoms with E-state index in [-0.39, 0.29) is 12.2 Å². The fourth-order valence-corrected chi connectivity index (χ4v) is 4.17. The smallest absolute Gasteiger partial charge is 0.416 e. The number of carboxylic acid groups (broad SMARTS) is 1. The van der Waals surface area contributed by atoms with E-state index in [2.05, 4.69) is 9.88 Å². The average Bonchev–Trinajstić information content (AvgIpc) is 3.12. The third-order valence-corrected chi connectivity index (χ3v) is 5.60. The molecular weight excluding hydrogens is 380 g/mol. The first-order chi connectivity index (χ1) is 14.7. The summed E-state index contributed by atoms with van der Waals surface area (Å²) in [5.74, 6) is 0.716. The summed E-state index contributed by atoms with van der Waals surface area (Å²) in [4.78, 5) is 24.5. The Kier molecular flexibility index (Phi) is 4.80. The topological polar surface area (TPSA) is 78.8 Å². The van der Waals surface area contributed by atoms with Crippen LogP contribution in [0.1, 0.15) is 12.8 Å². The van der Waals surface area contributed by atoms with Crippen LogP contribution in [0.2, 0.25) is 0 Å². The van der Waals surface area contributed by atoms with Crippen molar-refractivity contribution < 1.29 is 14.6 Å². The standard InChI is InChI=1S/C23H22N4O3/c28-23(29)27(17-4-2-1-3-5-17)18-8-6-16(7-9-18)21-12-13-24-22(25-21)26-14-19-10-11-20(15-26)30-19/h1-9,12-13,19-20H,10-11,14-15H2,(H,28,29). The Hall–Kier alpha value is -3.45. The zero-order chi connectivity index (χ0) is 20.5. The maximum atomic E-state index is 11.8. The van der Waals surface area contributed by atoms with Gasteiger partial charge in [0.15, 0.2) is 0 Å². The van der Waals surface area contributed by atoms with Gasteiger partial charge < -0.3 is 14.7 Å². The number of fused-ring (bicyclic) bond motifs is 2. The second-order valence-electron chi connectivity index (χ2n) is 7.60. The number of morpholine rings is 1. The van der Waals surface area contributed by atoms with Crippen LogP contribution in [0.4, 0.5) is 22.1 Å². The Morgan fingerprint density at radius 2 is 1.63 bits per heavy atom. The van der Waals surface area contributed by atoms with E-state index in [0.717, 1.165) is 37.2 Å². The van der Waals surface area contributed by atoms with Gasteiger partial charge in [0.2, 0.25) is 5.95 Å². The SMILES string of the molecule is O=C(O)N(c1ccccc1)c1ccc(-c2ccnc(N3CC4CCC(C3)O4)n2)cc1. The zero-order valence-corrected chi connectivity index (χ0v) is 16.4. The predicted molar refractivity (Wildman–Crippen MR) is 114 cm³/mol. The number of hydrogen-bond acceptors (Lipinski definition) is 5. The molecule has 3 aromatic rings. The van der Waals surface area contributed by atoms with Crippen molar-refractivity contribution in [3.05, 3.63) is 66.9 Å². The van der Waals surface area contributed by atoms with E-state index in [0.29, 0.717) is 17.3 Å². The van der Waals surface area contributed by atoms with Gasteiger partial charge in [0.05, 0.1) is 29.3 Å². The number of amides is 1. The normalized spacial score (nSPS) is 20.2. The molecule has 5 rings (SSSR count). The van der Waals surface area contributed by atoms with Crippen molar-refractivity contribution >= 4 is 23.4 Å². The molecule has 2 aromatic carbocycles. The maximum absolute atomic E-state index is 11.8. The minimum Gasteiger partial charge on any atom is -0.464 e. The van der Waals surface area contributed by atoms with E-state index in [1.807, 2.05) is 36.4 Å². The largest absolute Gasteiger partial charge is 0.464 e. The van der Waals surface area contributed by atoms with Gasteiger partial charge in [0.1, 0.15) is 0 Å². The Balaban J connectivity index is 1.40. The summed E-state index contributed by atoms with van der Waals surface area (Å²) in [5.41, 5.74) is 2.91. The molecule has 2 unspecified atom stereocenters. The molecular formula is C23H22N4O3. The second kappa shape index (κ2) is 7.76. The van der Waals surface area contributed by atoms with E-state index in [1.165, 1.54) is 4.90 Å². The van der Waals surface area contributed by atoms with Crippen molar-refractivity contribution in [2.45, 2.75) is 25.0 Å². The third kappa shape index (κ3) is 3.59. The molecule has 30 heavy (non-hydrogen) atoms. The molecule has 2 saturated heterocycles. The summed E-state index contributed by atoms with van der Waals surface area (Å²) < 4.78 is 5.91. The monoisotopic (exact) mass is 402 g/mol. The van der Waals surface area contributed by atoms with Crippen LogP contribution >= 0.6 is 0 Å². The van der Waals surface area contributed by atoms with Crippen LogP contribution < -0.4 is 9.80 Å². The van der Waals surface area contributed by atoms with Gasteiger partial charge in [-0.3, -0.25) is 0 Å². The molecule has 1 aromatic heterocycles. The molecule has 0 aliphatic carbocycles. The van der Waals surface area contributed by atoms with Crippen molar-refractivity contribution in [1.29, 1.82) is 0 Å². The molecule has 152 valence electrons. The summed E-state index contributed by atoms with van der Waals surface area (Å²) in [6, 6.07) is 18.3. The van der Waals surface area contributed by atoms with E-state index in [1.54, 1.807) is 30.5 Å². The van der Waals surface area contributed by atoms with Crippen molar-refractivity contribution in [3.8, 4) is 11.3 Å². The molecule has 2 bridgehead atoms. The zero-order valence-electron chi connectivity index (χ0n) is 16.4. The lowest BCUT2D eigenvalue weighted by atomic mass is 10.1. The minimum absolute atomic E-state index is 0.273. The number of rotatable bonds is 4. The van der Waals surface area contributed by atoms with Gasteiger partial charge in [0, 0.05) is 24.8 Å². The fraction of sp³-hybridized carbons (Fsp3) is 0.261. The Morgan fingerprint density at radius 1 is 0.967 bits per heavy atom. The number of ether oxygens (including phenoxy) is 1. The summed E-state index contributed by atoms with van der Waals surface area (Å²) >= 11 is 0. The van der Waals surface area contributed by atoms with Crippen LogP contribution in [0, 0.1) is 0 Å². The quantitative estimate of drug-likeness (QED) is 0.700. The highest BCUT2D eigenvalue weighted by atomic mass is 16.5. The number of carbonyl (C=O) groups is 1. The van der Waals surface area contributed by atoms with E-state index in [9.17, 15) is 9.90 Å². The van der Waals surface area contributed by atoms with Gasteiger partial charge >= 0.3 is 6.09 Å². The molecule has 0 spiro atoms. The molecule has 7 nitrogen and oxygen atoms in total. The van der Waals surface area contributed by atoms with E-state index >= 15 is 0 Å². The van der Waals surface area contributed by atoms with Crippen LogP contribution in [0.25, 0.3) is 11.3 Å². The fourth-order valence-electron chi connectivity index (χ4n) is 4.17. The molecule has 3 heterocycles. The number of para-hydroxylation sites is 1. The molecule has 7 heteroatoms. The van der Waals surface area contributed by atoms with Crippen molar-refractivity contribution in [3.63, 3.8) is 0 Å². The van der Waals surface area contributed by atoms with E-state index < -0.39 is 6.09 Å². The first-order valence-electron chi connectivity index (χ1n) is 10.1. The number of anilines is 3. The lowest BCUT2D eigenvalue weighted by Crippen LogP contribution is -2.43. The van der Waals surface area contributed by atoms with Crippen LogP contribution in [0.15, 0.2) is 66.9 Å². The number of nitrogens with zero attached hydrogens (tertiary/aromatic N) is 4. The summed E-state index contributed by atoms with van der Waals surface area (Å²) in [5, 5.41) is 9.68. The molecule has 0 radical (unpaired) electrons. The van der Waals surface area contributed by atoms with Crippen LogP contribution in [-0.4, -0.2) is 46.5 Å². The molecule has 2 fully saturated rings. The lowest BCUT2D eigenvalue weighted by molar-refractivity contribution is 0.0299. The Morgan fingerprint density at radius 3 is 2.30 bits per heavy atom. The highest BCUT2D eigenvalue weighted by Gasteiger charge is 2.34. The molecule has 0 saturated carbocycles. The third-order valence-electron chi connectivity index (χ3n) is 5.60. The van der Waals surface area contributed by atoms with Gasteiger partial charge in [-0.15, -0.1) is 0 Å². The first-order valence-corrected chi connectivity index (χ1v) is 10.1. The van der Waals surface area contributed by atoms with Crippen LogP contribution in [0.3, 0.4) is 0 Å². The molecule has 2 aliphatic heterocycles. The molecule has 2 atom stereocenters. The van der Waals surface area contributed by atoms with Crippen molar-refractivity contribution in [1.82, 2.24) is 9.97 Å². The highest BCUT2D eigenvalue weighted by Crippen LogP contribution is 2.30. The molecule has 2 aliphatic rings. The van der Waals surface area contributed by atoms with Crippen molar-refractivity contribution in [2.75, 3.05) is 22.9 Å². The van der Waals surface area contributed by atoms with Gasteiger partial charge in [-0.25, -0.2) is 19.7 Å². The summed E-state index contributed by atoms with van der Waals surface area (Å²) in [6.07, 6.45) is 3.50. The lowest BCUT2D eigenvalue weighted by Gasteiger charge is -2.32. The summed E-state index contributed by atoms with van der Waals surface area (Å²) in [7, 11) is 0. The van der Waals surface area contributed by atoms with E-state index in [4.69, 9.17) is 9.72 Å². The number of benzene rings is 2. The van der Waals surface area contributed by atoms with Gasteiger partial charge in [-0.05, 0) is 43.2 Å². The second-order valence-corrected chi connectivity index (χ2v) is 7.60. The maximum Gasteiger partial charge on any atom is 0.416 e. The minimum atomic E-state index is -1.03. The molecule has 1 N–H and O–H groups in total. The number of aromatic nitrogens is 2. The van der Waals surface area contributed by atoms with Crippen LogP contribution in [-0.2, 0) is 4.74 Å². The summed E-state index contributed by atoms with van der Waals surface area (Å²) in [6.45, 7) is 1.65. The van der Waals surface area contributed by atoms with Crippen LogP contribution in [0.5, 0.6) is 0 Å². The van der Waals surface area contributed by atoms with Gasteiger partial charge in [0.25, 0.3) is 0 Å². The first kappa shape index (κ1) is 18.6. The van der Waals surface area contributed by atoms with Crippen molar-refractivity contribution in [2.24, 2.45) is 0 Å². The van der Waals surface area contributed by atoms with Gasteiger partial charge in [-0.2, -0.15) is 0 Å². The number of hydrogen-bond donors (Lipinski definition) is 1. The predicted octanol–water partition coefficient (Wildman–Crippen LogP) is 4.33. The van der Waals surface area contributed by atoms with Gasteiger partial charge in [-0.1, -0.05) is 30.3 Å². The Labute approximate surface area is 174 Å². The Bertz CT molecular complexity index is 1030. The molecule has 1 amide bonds. The average molecular weight is 402 g/mol.